The van der Waals surface area contributed by atoms with Gasteiger partial charge in [0.25, 0.3) is 0 Å². The molecule has 1 atom stereocenters. The van der Waals surface area contributed by atoms with Gasteiger partial charge in [0.15, 0.2) is 5.96 Å². The smallest absolute Gasteiger partial charge is 0.193 e. The Morgan fingerprint density at radius 2 is 2.14 bits per heavy atom. The van der Waals surface area contributed by atoms with Crippen molar-refractivity contribution >= 4 is 41.7 Å². The number of thioether (sulfide) groups is 1. The molecule has 0 aromatic rings. The maximum absolute atomic E-state index is 4.78. The quantitative estimate of drug-likeness (QED) is 0.233. The first kappa shape index (κ1) is 19.1. The lowest BCUT2D eigenvalue weighted by Crippen LogP contribution is -2.42. The van der Waals surface area contributed by atoms with Crippen LogP contribution in [0.15, 0.2) is 17.1 Å². The molecule has 6 heteroatoms. The predicted octanol–water partition coefficient (Wildman–Crippen LogP) is 2.27. The molecule has 2 aliphatic heterocycles. The minimum absolute atomic E-state index is 0. The number of nitrogens with one attached hydrogen (secondary N) is 1. The van der Waals surface area contributed by atoms with Crippen molar-refractivity contribution in [2.75, 3.05) is 51.3 Å². The summed E-state index contributed by atoms with van der Waals surface area (Å²) in [7, 11) is 0. The number of likely N-dealkylation sites (tertiary alicyclic amines) is 1. The summed E-state index contributed by atoms with van der Waals surface area (Å²) in [6.07, 6.45) is 9.15. The molecule has 1 N–H and O–H groups in total. The first-order valence-corrected chi connectivity index (χ1v) is 9.15. The highest BCUT2D eigenvalue weighted by Crippen LogP contribution is 2.17. The van der Waals surface area contributed by atoms with Crippen molar-refractivity contribution in [3.8, 4) is 0 Å². The first-order chi connectivity index (χ1) is 9.85. The second-order valence-corrected chi connectivity index (χ2v) is 6.38. The summed E-state index contributed by atoms with van der Waals surface area (Å²) in [6.45, 7) is 8.55. The highest BCUT2D eigenvalue weighted by atomic mass is 127. The number of hydrogen-bond acceptors (Lipinski definition) is 3. The monoisotopic (exact) mass is 424 g/mol. The van der Waals surface area contributed by atoms with Gasteiger partial charge in [0.2, 0.25) is 0 Å². The van der Waals surface area contributed by atoms with E-state index in [4.69, 9.17) is 4.99 Å². The summed E-state index contributed by atoms with van der Waals surface area (Å²) in [5.74, 6) is 2.31. The zero-order chi connectivity index (χ0) is 14.2. The summed E-state index contributed by atoms with van der Waals surface area (Å²) in [4.78, 5) is 9.78. The Labute approximate surface area is 150 Å². The third kappa shape index (κ3) is 5.98. The van der Waals surface area contributed by atoms with E-state index in [0.717, 1.165) is 45.2 Å². The van der Waals surface area contributed by atoms with E-state index in [2.05, 4.69) is 40.4 Å². The Kier molecular flexibility index (Phi) is 9.75. The Morgan fingerprint density at radius 3 is 2.81 bits per heavy atom. The van der Waals surface area contributed by atoms with Crippen LogP contribution in [0.1, 0.15) is 19.8 Å². The Balaban J connectivity index is 0.00000220. The van der Waals surface area contributed by atoms with E-state index in [9.17, 15) is 0 Å². The average Bonchev–Trinajstić information content (AvgIpc) is 3.12. The molecule has 2 rings (SSSR count). The van der Waals surface area contributed by atoms with Crippen molar-refractivity contribution in [2.45, 2.75) is 25.8 Å². The fraction of sp³-hybridized carbons (Fsp3) is 0.800. The molecule has 2 aliphatic rings. The molecule has 122 valence electrons. The number of hydrogen-bond donors (Lipinski definition) is 1. The zero-order valence-corrected chi connectivity index (χ0v) is 16.4. The molecular weight excluding hydrogens is 395 g/mol. The number of guanidine groups is 1. The molecule has 1 unspecified atom stereocenters. The highest BCUT2D eigenvalue weighted by molar-refractivity contribution is 14.0. The summed E-state index contributed by atoms with van der Waals surface area (Å²) < 4.78 is 0. The standard InChI is InChI=1S/C15H28N4S.HI/c1-3-16-15(17-8-6-12-20-2)19-11-7-14(13-19)18-9-4-5-10-18;/h4-5,14H,3,6-13H2,1-2H3,(H,16,17);1H. The maximum atomic E-state index is 4.78. The molecule has 0 aliphatic carbocycles. The molecule has 0 aromatic heterocycles. The molecule has 0 aromatic carbocycles. The molecule has 1 saturated heterocycles. The molecule has 0 bridgehead atoms. The van der Waals surface area contributed by atoms with E-state index >= 15 is 0 Å². The molecule has 21 heavy (non-hydrogen) atoms. The van der Waals surface area contributed by atoms with Gasteiger partial charge in [-0.15, -0.1) is 24.0 Å². The molecule has 0 amide bonds. The van der Waals surface area contributed by atoms with Crippen LogP contribution >= 0.6 is 35.7 Å². The lowest BCUT2D eigenvalue weighted by molar-refractivity contribution is 0.259. The molecule has 1 fully saturated rings. The third-order valence-corrected chi connectivity index (χ3v) is 4.63. The molecule has 0 radical (unpaired) electrons. The summed E-state index contributed by atoms with van der Waals surface area (Å²) in [5, 5.41) is 3.45. The van der Waals surface area contributed by atoms with E-state index in [0.29, 0.717) is 6.04 Å². The minimum Gasteiger partial charge on any atom is -0.357 e. The summed E-state index contributed by atoms with van der Waals surface area (Å²) in [5.41, 5.74) is 0. The van der Waals surface area contributed by atoms with Crippen molar-refractivity contribution in [2.24, 2.45) is 4.99 Å². The van der Waals surface area contributed by atoms with Crippen molar-refractivity contribution in [1.29, 1.82) is 0 Å². The SMILES string of the molecule is CCNC(=NCCCSC)N1CCC(N2CC=CC2)C1.I. The third-order valence-electron chi connectivity index (χ3n) is 3.93. The van der Waals surface area contributed by atoms with Gasteiger partial charge >= 0.3 is 0 Å². The summed E-state index contributed by atoms with van der Waals surface area (Å²) >= 11 is 1.90. The van der Waals surface area contributed by atoms with Crippen LogP contribution in [0.25, 0.3) is 0 Å². The van der Waals surface area contributed by atoms with Crippen LogP contribution in [-0.4, -0.2) is 73.1 Å². The molecule has 4 nitrogen and oxygen atoms in total. The van der Waals surface area contributed by atoms with E-state index in [1.165, 1.54) is 18.6 Å². The number of halogens is 1. The van der Waals surface area contributed by atoms with Gasteiger partial charge in [0, 0.05) is 45.3 Å². The second-order valence-electron chi connectivity index (χ2n) is 5.40. The van der Waals surface area contributed by atoms with E-state index in [1.807, 2.05) is 11.8 Å². The van der Waals surface area contributed by atoms with Crippen LogP contribution < -0.4 is 5.32 Å². The van der Waals surface area contributed by atoms with Gasteiger partial charge in [0.1, 0.15) is 0 Å². The van der Waals surface area contributed by atoms with Gasteiger partial charge in [-0.1, -0.05) is 12.2 Å². The normalized spacial score (nSPS) is 22.7. The average molecular weight is 424 g/mol. The van der Waals surface area contributed by atoms with Crippen LogP contribution in [0.3, 0.4) is 0 Å². The lowest BCUT2D eigenvalue weighted by Gasteiger charge is -2.25. The lowest BCUT2D eigenvalue weighted by atomic mass is 10.2. The predicted molar refractivity (Wildman–Crippen MR) is 105 cm³/mol. The Bertz CT molecular complexity index is 341. The topological polar surface area (TPSA) is 30.9 Å². The largest absolute Gasteiger partial charge is 0.357 e. The van der Waals surface area contributed by atoms with E-state index < -0.39 is 0 Å². The van der Waals surface area contributed by atoms with E-state index in [-0.39, 0.29) is 24.0 Å². The Hall–Kier alpha value is 0.0500. The first-order valence-electron chi connectivity index (χ1n) is 7.76. The van der Waals surface area contributed by atoms with Gasteiger partial charge in [-0.3, -0.25) is 9.89 Å². The maximum Gasteiger partial charge on any atom is 0.193 e. The van der Waals surface area contributed by atoms with Gasteiger partial charge in [0.05, 0.1) is 0 Å². The minimum atomic E-state index is 0. The number of rotatable bonds is 6. The van der Waals surface area contributed by atoms with Crippen molar-refractivity contribution < 1.29 is 0 Å². The second kappa shape index (κ2) is 10.7. The fourth-order valence-corrected chi connectivity index (χ4v) is 3.26. The van der Waals surface area contributed by atoms with Gasteiger partial charge in [-0.05, 0) is 31.8 Å². The van der Waals surface area contributed by atoms with Gasteiger partial charge in [-0.2, -0.15) is 11.8 Å². The van der Waals surface area contributed by atoms with Crippen molar-refractivity contribution in [3.05, 3.63) is 12.2 Å². The van der Waals surface area contributed by atoms with Crippen LogP contribution in [0, 0.1) is 0 Å². The zero-order valence-electron chi connectivity index (χ0n) is 13.3. The Morgan fingerprint density at radius 1 is 1.38 bits per heavy atom. The molecule has 0 spiro atoms. The fourth-order valence-electron chi connectivity index (χ4n) is 2.84. The highest BCUT2D eigenvalue weighted by Gasteiger charge is 2.29. The van der Waals surface area contributed by atoms with Crippen molar-refractivity contribution in [3.63, 3.8) is 0 Å². The number of nitrogens with zero attached hydrogens (tertiary/aromatic N) is 3. The molecule has 2 heterocycles. The van der Waals surface area contributed by atoms with Gasteiger partial charge in [-0.25, -0.2) is 0 Å². The number of aliphatic imine (C=N–C) groups is 1. The van der Waals surface area contributed by atoms with E-state index in [1.54, 1.807) is 0 Å². The van der Waals surface area contributed by atoms with Crippen molar-refractivity contribution in [1.82, 2.24) is 15.1 Å². The molecule has 0 saturated carbocycles. The van der Waals surface area contributed by atoms with Crippen LogP contribution in [-0.2, 0) is 0 Å². The molecular formula is C15H29IN4S. The van der Waals surface area contributed by atoms with Crippen LogP contribution in [0.2, 0.25) is 0 Å². The van der Waals surface area contributed by atoms with Crippen LogP contribution in [0.4, 0.5) is 0 Å². The van der Waals surface area contributed by atoms with Gasteiger partial charge < -0.3 is 10.2 Å². The van der Waals surface area contributed by atoms with Crippen LogP contribution in [0.5, 0.6) is 0 Å². The summed E-state index contributed by atoms with van der Waals surface area (Å²) in [6, 6.07) is 0.694.